The number of nitrogens with zero attached hydrogens (tertiary/aromatic N) is 4. The van der Waals surface area contributed by atoms with Gasteiger partial charge in [-0.1, -0.05) is 0 Å². The Bertz CT molecular complexity index is 1100. The highest BCUT2D eigenvalue weighted by Gasteiger charge is 2.28. The number of carbonyl (C=O) groups excluding carboxylic acids is 2. The molecule has 5 rings (SSSR count). The van der Waals surface area contributed by atoms with E-state index in [1.165, 1.54) is 6.08 Å². The van der Waals surface area contributed by atoms with Crippen molar-refractivity contribution in [3.8, 4) is 0 Å². The molecular weight excluding hydrogens is 404 g/mol. The molecular formula is C19H22N8O4. The van der Waals surface area contributed by atoms with E-state index in [0.717, 1.165) is 25.7 Å². The molecule has 2 saturated carbocycles. The molecule has 0 spiro atoms. The van der Waals surface area contributed by atoms with Crippen LogP contribution in [0, 0.1) is 5.92 Å². The van der Waals surface area contributed by atoms with Gasteiger partial charge in [-0.25, -0.2) is 4.79 Å². The molecule has 3 amide bonds. The number of anilines is 2. The summed E-state index contributed by atoms with van der Waals surface area (Å²) in [6.45, 7) is 0. The molecule has 2 aromatic rings. The molecule has 1 aliphatic heterocycles. The van der Waals surface area contributed by atoms with E-state index >= 15 is 0 Å². The smallest absolute Gasteiger partial charge is 0.326 e. The summed E-state index contributed by atoms with van der Waals surface area (Å²) in [6, 6.07) is -0.155. The zero-order valence-corrected chi connectivity index (χ0v) is 16.6. The third kappa shape index (κ3) is 4.00. The van der Waals surface area contributed by atoms with E-state index in [1.54, 1.807) is 10.7 Å². The van der Waals surface area contributed by atoms with E-state index in [4.69, 9.17) is 0 Å². The number of carboxylic acids is 1. The summed E-state index contributed by atoms with van der Waals surface area (Å²) < 4.78 is 1.58. The van der Waals surface area contributed by atoms with Crippen molar-refractivity contribution in [2.75, 3.05) is 10.6 Å². The Kier molecular flexibility index (Phi) is 4.68. The lowest BCUT2D eigenvalue weighted by atomic mass is 9.86. The summed E-state index contributed by atoms with van der Waals surface area (Å²) in [4.78, 5) is 43.6. The maximum atomic E-state index is 11.9. The molecule has 3 heterocycles. The van der Waals surface area contributed by atoms with E-state index in [-0.39, 0.29) is 17.7 Å². The first-order chi connectivity index (χ1) is 15.0. The third-order valence-electron chi connectivity index (χ3n) is 5.74. The summed E-state index contributed by atoms with van der Waals surface area (Å²) in [7, 11) is 0. The van der Waals surface area contributed by atoms with Gasteiger partial charge in [-0.2, -0.15) is 19.6 Å². The predicted octanol–water partition coefficient (Wildman–Crippen LogP) is 0.934. The van der Waals surface area contributed by atoms with Crippen LogP contribution in [-0.2, 0) is 9.59 Å². The van der Waals surface area contributed by atoms with Crippen LogP contribution >= 0.6 is 0 Å². The molecule has 0 unspecified atom stereocenters. The molecule has 1 saturated heterocycles. The van der Waals surface area contributed by atoms with Crippen molar-refractivity contribution in [1.82, 2.24) is 30.2 Å². The van der Waals surface area contributed by atoms with Crippen molar-refractivity contribution < 1.29 is 19.5 Å². The van der Waals surface area contributed by atoms with Crippen LogP contribution in [0.15, 0.2) is 11.9 Å². The van der Waals surface area contributed by atoms with E-state index in [1.807, 2.05) is 0 Å². The number of urea groups is 1. The zero-order valence-electron chi connectivity index (χ0n) is 16.6. The number of hydrogen-bond acceptors (Lipinski definition) is 8. The van der Waals surface area contributed by atoms with Crippen molar-refractivity contribution in [2.45, 2.75) is 50.6 Å². The minimum Gasteiger partial charge on any atom is -0.481 e. The minimum atomic E-state index is -0.744. The number of fused-ring (bicyclic) bond motifs is 1. The Labute approximate surface area is 176 Å². The molecule has 3 aliphatic rings. The molecule has 3 fully saturated rings. The van der Waals surface area contributed by atoms with Gasteiger partial charge < -0.3 is 21.1 Å². The quantitative estimate of drug-likeness (QED) is 0.334. The molecule has 2 aromatic heterocycles. The highest BCUT2D eigenvalue weighted by Crippen LogP contribution is 2.28. The van der Waals surface area contributed by atoms with Crippen LogP contribution in [0.2, 0.25) is 0 Å². The number of rotatable bonds is 6. The molecule has 0 aromatic carbocycles. The standard InChI is InChI=1S/C19H22N8O4/c28-15-13(23-19(31)25-15)7-10-8-20-27-14(10)24-17(26-18(27)22-12-5-6-12)21-11-3-1-9(2-4-11)16(29)30/h7-9,11-12H,1-6H2,(H,29,30)(H2,21,22,24,26)(H2,23,25,28,31)/b13-7-. The van der Waals surface area contributed by atoms with Crippen LogP contribution in [0.1, 0.15) is 44.1 Å². The van der Waals surface area contributed by atoms with Crippen LogP contribution in [0.4, 0.5) is 16.7 Å². The summed E-state index contributed by atoms with van der Waals surface area (Å²) in [6.07, 6.45) is 7.86. The average molecular weight is 426 g/mol. The number of aromatic nitrogens is 4. The lowest BCUT2D eigenvalue weighted by molar-refractivity contribution is -0.142. The van der Waals surface area contributed by atoms with Crippen LogP contribution in [-0.4, -0.2) is 54.7 Å². The van der Waals surface area contributed by atoms with E-state index in [2.05, 4.69) is 36.3 Å². The van der Waals surface area contributed by atoms with Crippen molar-refractivity contribution in [2.24, 2.45) is 5.92 Å². The molecule has 12 heteroatoms. The maximum Gasteiger partial charge on any atom is 0.326 e. The van der Waals surface area contributed by atoms with Gasteiger partial charge in [-0.3, -0.25) is 14.9 Å². The van der Waals surface area contributed by atoms with E-state index in [9.17, 15) is 19.5 Å². The largest absolute Gasteiger partial charge is 0.481 e. The Morgan fingerprint density at radius 2 is 1.77 bits per heavy atom. The van der Waals surface area contributed by atoms with Crippen LogP contribution in [0.25, 0.3) is 11.7 Å². The van der Waals surface area contributed by atoms with Crippen molar-refractivity contribution >= 4 is 41.5 Å². The summed E-state index contributed by atoms with van der Waals surface area (Å²) in [5.41, 5.74) is 1.17. The van der Waals surface area contributed by atoms with Gasteiger partial charge in [0.1, 0.15) is 5.70 Å². The number of hydrogen-bond donors (Lipinski definition) is 5. The maximum absolute atomic E-state index is 11.9. The lowest BCUT2D eigenvalue weighted by Gasteiger charge is -2.26. The summed E-state index contributed by atoms with van der Waals surface area (Å²) in [5.74, 6) is -0.599. The molecule has 2 aliphatic carbocycles. The number of carboxylic acid groups (broad SMARTS) is 1. The Morgan fingerprint density at radius 3 is 2.42 bits per heavy atom. The van der Waals surface area contributed by atoms with Gasteiger partial charge in [-0.05, 0) is 44.6 Å². The highest BCUT2D eigenvalue weighted by atomic mass is 16.4. The van der Waals surface area contributed by atoms with Gasteiger partial charge >= 0.3 is 12.0 Å². The fraction of sp³-hybridized carbons (Fsp3) is 0.474. The summed E-state index contributed by atoms with van der Waals surface area (Å²) in [5, 5.41) is 24.8. The second kappa shape index (κ2) is 7.52. The van der Waals surface area contributed by atoms with Crippen molar-refractivity contribution in [3.63, 3.8) is 0 Å². The Balaban J connectivity index is 1.44. The number of imide groups is 1. The Hall–Kier alpha value is -3.70. The number of carbonyl (C=O) groups is 3. The third-order valence-corrected chi connectivity index (χ3v) is 5.74. The van der Waals surface area contributed by atoms with Crippen LogP contribution in [0.5, 0.6) is 0 Å². The second-order valence-electron chi connectivity index (χ2n) is 8.12. The Morgan fingerprint density at radius 1 is 1.06 bits per heavy atom. The number of aliphatic carboxylic acids is 1. The monoisotopic (exact) mass is 426 g/mol. The van der Waals surface area contributed by atoms with Crippen molar-refractivity contribution in [1.29, 1.82) is 0 Å². The van der Waals surface area contributed by atoms with Gasteiger partial charge in [0.15, 0.2) is 5.65 Å². The van der Waals surface area contributed by atoms with Gasteiger partial charge in [0.05, 0.1) is 12.1 Å². The first kappa shape index (κ1) is 19.3. The van der Waals surface area contributed by atoms with Gasteiger partial charge in [0.25, 0.3) is 5.91 Å². The molecule has 5 N–H and O–H groups in total. The number of amides is 3. The van der Waals surface area contributed by atoms with Crippen LogP contribution in [0.3, 0.4) is 0 Å². The lowest BCUT2D eigenvalue weighted by Crippen LogP contribution is -2.30. The summed E-state index contributed by atoms with van der Waals surface area (Å²) >= 11 is 0. The molecule has 31 heavy (non-hydrogen) atoms. The zero-order chi connectivity index (χ0) is 21.5. The normalized spacial score (nSPS) is 24.8. The van der Waals surface area contributed by atoms with Gasteiger partial charge in [0, 0.05) is 17.6 Å². The minimum absolute atomic E-state index is 0.0800. The molecule has 0 radical (unpaired) electrons. The molecule has 0 bridgehead atoms. The van der Waals surface area contributed by atoms with Gasteiger partial charge in [0.2, 0.25) is 11.9 Å². The highest BCUT2D eigenvalue weighted by molar-refractivity contribution is 6.14. The van der Waals surface area contributed by atoms with Crippen LogP contribution < -0.4 is 21.3 Å². The fourth-order valence-electron chi connectivity index (χ4n) is 3.87. The predicted molar refractivity (Wildman–Crippen MR) is 109 cm³/mol. The molecule has 162 valence electrons. The van der Waals surface area contributed by atoms with E-state index < -0.39 is 17.9 Å². The van der Waals surface area contributed by atoms with Crippen molar-refractivity contribution in [3.05, 3.63) is 17.5 Å². The number of nitrogens with one attached hydrogen (secondary N) is 4. The first-order valence-corrected chi connectivity index (χ1v) is 10.3. The second-order valence-corrected chi connectivity index (χ2v) is 8.12. The molecule has 0 atom stereocenters. The molecule has 12 nitrogen and oxygen atoms in total. The van der Waals surface area contributed by atoms with E-state index in [0.29, 0.717) is 42.0 Å². The topological polar surface area (TPSA) is 163 Å². The van der Waals surface area contributed by atoms with Gasteiger partial charge in [-0.15, -0.1) is 0 Å². The first-order valence-electron chi connectivity index (χ1n) is 10.3. The average Bonchev–Trinajstić information content (AvgIpc) is 3.37. The SMILES string of the molecule is O=C1NC(=O)/C(=C/c2cnn3c(NC4CC4)nc(NC4CCC(C(=O)O)CC4)nc23)N1. The fourth-order valence-corrected chi connectivity index (χ4v) is 3.87.